The van der Waals surface area contributed by atoms with E-state index in [9.17, 15) is 34.2 Å². The Kier molecular flexibility index (Phi) is 9.36. The van der Waals surface area contributed by atoms with Crippen molar-refractivity contribution in [2.45, 2.75) is 75.6 Å². The molecule has 5 heterocycles. The number of nitrogens with two attached hydrogens (primary N) is 2. The minimum Gasteiger partial charge on any atom is -0.478 e. The number of amides is 3. The molecule has 0 spiro atoms. The molecule has 3 saturated heterocycles. The summed E-state index contributed by atoms with van der Waals surface area (Å²) in [5.74, 6) is -4.86. The van der Waals surface area contributed by atoms with Crippen LogP contribution in [0.25, 0.3) is 0 Å². The largest absolute Gasteiger partial charge is 0.478 e. The highest BCUT2D eigenvalue weighted by molar-refractivity contribution is 8.03. The number of hydrogen-bond acceptors (Lipinski definition) is 13. The standard InChI is InChI=1S/C28H38N8O8S2/c1-11-19-17(12(2)32-22(37)18(16-10-45-27(30)33-16)34-44-28(3,4)26(42)43)24(39)36(19)20(25(40)41)21(11)46-14-7-15(31-8-14)23(38)35-6-5-13(29)9-35/h10-15,17,19,31H,5-9,29H2,1-4H3,(H2,30,33)(H,32,37)(H,40,41)(H,42,43)/b34-18-/t11-,12?,13-,14+,15+,17-,19-/m1/s1. The van der Waals surface area contributed by atoms with Crippen LogP contribution < -0.4 is 22.1 Å². The Morgan fingerprint density at radius 2 is 2.02 bits per heavy atom. The Balaban J connectivity index is 1.28. The smallest absolute Gasteiger partial charge is 0.353 e. The van der Waals surface area contributed by atoms with Crippen LogP contribution in [0.1, 0.15) is 46.2 Å². The second kappa shape index (κ2) is 12.8. The molecule has 16 nitrogen and oxygen atoms in total. The fraction of sp³-hybridized carbons (Fsp3) is 0.607. The normalized spacial score (nSPS) is 28.6. The van der Waals surface area contributed by atoms with E-state index >= 15 is 0 Å². The molecule has 1 unspecified atom stereocenters. The second-order valence-corrected chi connectivity index (χ2v) is 14.7. The van der Waals surface area contributed by atoms with Gasteiger partial charge >= 0.3 is 11.9 Å². The molecule has 46 heavy (non-hydrogen) atoms. The molecule has 250 valence electrons. The van der Waals surface area contributed by atoms with E-state index < -0.39 is 47.4 Å². The first kappa shape index (κ1) is 33.6. The Morgan fingerprint density at radius 3 is 2.61 bits per heavy atom. The summed E-state index contributed by atoms with van der Waals surface area (Å²) in [6, 6.07) is -1.70. The molecule has 0 saturated carbocycles. The number of carboxylic acids is 2. The first-order valence-electron chi connectivity index (χ1n) is 14.9. The average molecular weight is 679 g/mol. The maximum atomic E-state index is 13.4. The molecule has 0 aliphatic carbocycles. The van der Waals surface area contributed by atoms with Gasteiger partial charge in [0.1, 0.15) is 11.4 Å². The second-order valence-electron chi connectivity index (χ2n) is 12.5. The number of fused-ring (bicyclic) bond motifs is 1. The van der Waals surface area contributed by atoms with Gasteiger partial charge in [0.2, 0.25) is 17.4 Å². The number of β-lactam (4-membered cyclic amide) rings is 1. The maximum absolute atomic E-state index is 13.4. The van der Waals surface area contributed by atoms with Crippen LogP contribution in [0, 0.1) is 11.8 Å². The van der Waals surface area contributed by atoms with Crippen LogP contribution in [0.2, 0.25) is 0 Å². The van der Waals surface area contributed by atoms with Crippen LogP contribution in [0.4, 0.5) is 5.13 Å². The number of nitrogens with one attached hydrogen (secondary N) is 2. The number of carboxylic acid groups (broad SMARTS) is 2. The molecule has 18 heteroatoms. The SMILES string of the molecule is CC(NC(=O)/C(=N\OC(C)(C)C(=O)O)c1csc(N)n1)[C@H]1C(=O)N2C(C(=O)O)=C(S[C@@H]3CN[C@H](C(=O)N4CC[C@@H](N)C4)C3)[C@H](C)[C@H]12. The van der Waals surface area contributed by atoms with Crippen LogP contribution in [0.5, 0.6) is 0 Å². The van der Waals surface area contributed by atoms with Crippen molar-refractivity contribution in [3.05, 3.63) is 21.7 Å². The fourth-order valence-electron chi connectivity index (χ4n) is 6.23. The molecular formula is C28H38N8O8S2. The lowest BCUT2D eigenvalue weighted by molar-refractivity contribution is -0.161. The number of thioether (sulfide) groups is 1. The number of thiazole rings is 1. The van der Waals surface area contributed by atoms with Gasteiger partial charge in [-0.15, -0.1) is 23.1 Å². The van der Waals surface area contributed by atoms with Crippen LogP contribution in [-0.2, 0) is 28.8 Å². The van der Waals surface area contributed by atoms with Crippen molar-refractivity contribution in [2.24, 2.45) is 22.7 Å². The fourth-order valence-corrected chi connectivity index (χ4v) is 8.26. The molecule has 4 aliphatic heterocycles. The highest BCUT2D eigenvalue weighted by Crippen LogP contribution is 2.52. The highest BCUT2D eigenvalue weighted by atomic mass is 32.2. The number of rotatable bonds is 11. The molecule has 0 radical (unpaired) electrons. The summed E-state index contributed by atoms with van der Waals surface area (Å²) in [4.78, 5) is 76.6. The minimum absolute atomic E-state index is 0.00763. The monoisotopic (exact) mass is 678 g/mol. The number of oxime groups is 1. The summed E-state index contributed by atoms with van der Waals surface area (Å²) in [6.07, 6.45) is 1.27. The number of carbonyl (C=O) groups is 5. The average Bonchev–Trinajstić information content (AvgIpc) is 3.76. The van der Waals surface area contributed by atoms with Crippen molar-refractivity contribution in [3.8, 4) is 0 Å². The van der Waals surface area contributed by atoms with E-state index in [1.807, 2.05) is 6.92 Å². The van der Waals surface area contributed by atoms with Crippen molar-refractivity contribution < 1.29 is 39.0 Å². The molecule has 1 aromatic heterocycles. The lowest BCUT2D eigenvalue weighted by Gasteiger charge is -2.47. The predicted molar refractivity (Wildman–Crippen MR) is 168 cm³/mol. The van der Waals surface area contributed by atoms with Gasteiger partial charge in [0.25, 0.3) is 5.91 Å². The van der Waals surface area contributed by atoms with Crippen LogP contribution in [0.3, 0.4) is 0 Å². The molecule has 3 amide bonds. The zero-order chi connectivity index (χ0) is 33.7. The Hall–Kier alpha value is -3.74. The maximum Gasteiger partial charge on any atom is 0.353 e. The quantitative estimate of drug-likeness (QED) is 0.0994. The Bertz CT molecular complexity index is 1510. The van der Waals surface area contributed by atoms with Crippen LogP contribution in [-0.4, -0.2) is 115 Å². The van der Waals surface area contributed by atoms with Crippen molar-refractivity contribution >= 4 is 63.6 Å². The van der Waals surface area contributed by atoms with Crippen LogP contribution in [0.15, 0.2) is 21.1 Å². The number of aromatic nitrogens is 1. The van der Waals surface area contributed by atoms with Gasteiger partial charge in [-0.25, -0.2) is 14.6 Å². The third-order valence-corrected chi connectivity index (χ3v) is 11.0. The Morgan fingerprint density at radius 1 is 1.30 bits per heavy atom. The molecule has 0 bridgehead atoms. The van der Waals surface area contributed by atoms with Crippen molar-refractivity contribution in [1.29, 1.82) is 0 Å². The van der Waals surface area contributed by atoms with Crippen LogP contribution >= 0.6 is 23.1 Å². The molecule has 0 aromatic carbocycles. The van der Waals surface area contributed by atoms with Gasteiger partial charge in [0.05, 0.1) is 18.0 Å². The number of hydrogen-bond donors (Lipinski definition) is 6. The number of anilines is 1. The van der Waals surface area contributed by atoms with E-state index in [-0.39, 0.29) is 51.4 Å². The first-order valence-corrected chi connectivity index (χ1v) is 16.6. The van der Waals surface area contributed by atoms with E-state index in [2.05, 4.69) is 20.8 Å². The molecule has 8 N–H and O–H groups in total. The molecule has 5 rings (SSSR count). The lowest BCUT2D eigenvalue weighted by atomic mass is 9.78. The predicted octanol–water partition coefficient (Wildman–Crippen LogP) is -0.390. The highest BCUT2D eigenvalue weighted by Gasteiger charge is 2.60. The van der Waals surface area contributed by atoms with Gasteiger partial charge in [-0.1, -0.05) is 12.1 Å². The topological polar surface area (TPSA) is 243 Å². The summed E-state index contributed by atoms with van der Waals surface area (Å²) in [6.45, 7) is 7.66. The number of likely N-dealkylation sites (tertiary alicyclic amines) is 1. The van der Waals surface area contributed by atoms with Crippen molar-refractivity contribution in [2.75, 3.05) is 25.4 Å². The summed E-state index contributed by atoms with van der Waals surface area (Å²) in [5.41, 5.74) is 9.61. The van der Waals surface area contributed by atoms with Crippen molar-refractivity contribution in [1.82, 2.24) is 25.4 Å². The molecule has 4 aliphatic rings. The number of nitrogens with zero attached hydrogens (tertiary/aromatic N) is 4. The number of nitrogen functional groups attached to an aromatic ring is 1. The number of carbonyl (C=O) groups excluding carboxylic acids is 3. The van der Waals surface area contributed by atoms with Gasteiger partial charge in [-0.05, 0) is 33.6 Å². The van der Waals surface area contributed by atoms with E-state index in [4.69, 9.17) is 16.3 Å². The van der Waals surface area contributed by atoms with Gasteiger partial charge in [0.15, 0.2) is 10.8 Å². The third-order valence-electron chi connectivity index (χ3n) is 8.77. The van der Waals surface area contributed by atoms with Gasteiger partial charge in [-0.2, -0.15) is 0 Å². The van der Waals surface area contributed by atoms with E-state index in [0.29, 0.717) is 31.0 Å². The summed E-state index contributed by atoms with van der Waals surface area (Å²) in [5, 5.41) is 30.9. The molecule has 1 aromatic rings. The van der Waals surface area contributed by atoms with Gasteiger partial charge in [-0.3, -0.25) is 14.4 Å². The Labute approximate surface area is 272 Å². The van der Waals surface area contributed by atoms with E-state index in [1.54, 1.807) is 11.8 Å². The van der Waals surface area contributed by atoms with Gasteiger partial charge in [0, 0.05) is 53.2 Å². The summed E-state index contributed by atoms with van der Waals surface area (Å²) >= 11 is 2.42. The molecular weight excluding hydrogens is 640 g/mol. The zero-order valence-corrected chi connectivity index (χ0v) is 27.4. The lowest BCUT2D eigenvalue weighted by Crippen LogP contribution is -2.66. The van der Waals surface area contributed by atoms with Gasteiger partial charge < -0.3 is 47.0 Å². The molecule has 3 fully saturated rings. The number of aliphatic carboxylic acids is 2. The van der Waals surface area contributed by atoms with E-state index in [0.717, 1.165) is 17.8 Å². The minimum atomic E-state index is -1.75. The zero-order valence-electron chi connectivity index (χ0n) is 25.8. The van der Waals surface area contributed by atoms with E-state index in [1.165, 1.54) is 35.9 Å². The summed E-state index contributed by atoms with van der Waals surface area (Å²) < 4.78 is 0. The van der Waals surface area contributed by atoms with Crippen molar-refractivity contribution in [3.63, 3.8) is 0 Å². The third kappa shape index (κ3) is 6.30. The molecule has 7 atom stereocenters. The first-order chi connectivity index (χ1) is 21.6. The summed E-state index contributed by atoms with van der Waals surface area (Å²) in [7, 11) is 0.